The van der Waals surface area contributed by atoms with Crippen LogP contribution in [0.2, 0.25) is 0 Å². The largest absolute Gasteiger partial charge is 0.444 e. The summed E-state index contributed by atoms with van der Waals surface area (Å²) in [4.78, 5) is 27.0. The minimum absolute atomic E-state index is 0.265. The van der Waals surface area contributed by atoms with Crippen LogP contribution in [-0.2, 0) is 4.74 Å². The number of nitrogens with zero attached hydrogens (tertiary/aromatic N) is 3. The molecular weight excluding hydrogens is 460 g/mol. The summed E-state index contributed by atoms with van der Waals surface area (Å²) in [6.07, 6.45) is 4.51. The number of nitrogens with one attached hydrogen (secondary N) is 1. The van der Waals surface area contributed by atoms with Crippen molar-refractivity contribution in [3.05, 3.63) is 77.4 Å². The van der Waals surface area contributed by atoms with Gasteiger partial charge in [-0.3, -0.25) is 9.97 Å². The van der Waals surface area contributed by atoms with E-state index in [-0.39, 0.29) is 6.09 Å². The van der Waals surface area contributed by atoms with Crippen LogP contribution in [0.3, 0.4) is 0 Å². The second-order valence-electron chi connectivity index (χ2n) is 10.9. The summed E-state index contributed by atoms with van der Waals surface area (Å²) in [5.74, 6) is 0. The Kier molecular flexibility index (Phi) is 6.36. The van der Waals surface area contributed by atoms with Gasteiger partial charge in [0.2, 0.25) is 0 Å². The van der Waals surface area contributed by atoms with Gasteiger partial charge < -0.3 is 14.6 Å². The molecule has 190 valence electrons. The topological polar surface area (TPSA) is 71.1 Å². The summed E-state index contributed by atoms with van der Waals surface area (Å²) in [7, 11) is 0. The van der Waals surface area contributed by atoms with Crippen LogP contribution in [0, 0.1) is 20.8 Å². The van der Waals surface area contributed by atoms with Gasteiger partial charge in [0.1, 0.15) is 5.60 Å². The molecule has 0 fully saturated rings. The van der Waals surface area contributed by atoms with E-state index in [0.717, 1.165) is 57.0 Å². The van der Waals surface area contributed by atoms with Gasteiger partial charge in [-0.15, -0.1) is 0 Å². The predicted molar refractivity (Wildman–Crippen MR) is 149 cm³/mol. The number of pyridine rings is 2. The summed E-state index contributed by atoms with van der Waals surface area (Å²) >= 11 is 0. The van der Waals surface area contributed by atoms with E-state index >= 15 is 0 Å². The number of amides is 1. The zero-order chi connectivity index (χ0) is 26.3. The van der Waals surface area contributed by atoms with E-state index in [1.807, 2.05) is 40.8 Å². The number of aromatic nitrogens is 3. The number of rotatable bonds is 3. The van der Waals surface area contributed by atoms with Crippen molar-refractivity contribution in [3.8, 4) is 22.4 Å². The minimum atomic E-state index is -0.487. The quantitative estimate of drug-likeness (QED) is 0.326. The molecule has 1 aliphatic rings. The average Bonchev–Trinajstić information content (AvgIpc) is 3.18. The van der Waals surface area contributed by atoms with E-state index < -0.39 is 5.60 Å². The standard InChI is InChI=1S/C31H34N4O2/c1-19-15-25(16-20(2)33-19)29-21(3)26-9-7-23(17-28(26)34-29)24-8-10-27(32-18-24)22-11-13-35(14-12-22)30(36)37-31(4,5)6/h7-11,15-18,34H,12-14H2,1-6H3. The first-order valence-electron chi connectivity index (χ1n) is 12.8. The van der Waals surface area contributed by atoms with E-state index in [2.05, 4.69) is 65.4 Å². The Morgan fingerprint density at radius 1 is 0.973 bits per heavy atom. The summed E-state index contributed by atoms with van der Waals surface area (Å²) in [5.41, 5.74) is 10.5. The molecule has 6 nitrogen and oxygen atoms in total. The lowest BCUT2D eigenvalue weighted by Gasteiger charge is -2.29. The number of fused-ring (bicyclic) bond motifs is 1. The van der Waals surface area contributed by atoms with E-state index in [9.17, 15) is 4.79 Å². The van der Waals surface area contributed by atoms with Gasteiger partial charge in [0.05, 0.1) is 5.69 Å². The van der Waals surface area contributed by atoms with Crippen LogP contribution in [-0.4, -0.2) is 44.6 Å². The van der Waals surface area contributed by atoms with E-state index in [0.29, 0.717) is 13.1 Å². The molecule has 1 aliphatic heterocycles. The molecular formula is C31H34N4O2. The Morgan fingerprint density at radius 3 is 2.32 bits per heavy atom. The molecule has 37 heavy (non-hydrogen) atoms. The normalized spacial score (nSPS) is 14.1. The van der Waals surface area contributed by atoms with Gasteiger partial charge in [-0.2, -0.15) is 0 Å². The molecule has 1 N–H and O–H groups in total. The van der Waals surface area contributed by atoms with Crippen LogP contribution in [0.15, 0.2) is 54.7 Å². The van der Waals surface area contributed by atoms with Crippen molar-refractivity contribution in [2.45, 2.75) is 53.6 Å². The van der Waals surface area contributed by atoms with Gasteiger partial charge >= 0.3 is 6.09 Å². The third-order valence-electron chi connectivity index (χ3n) is 6.72. The Morgan fingerprint density at radius 2 is 1.70 bits per heavy atom. The van der Waals surface area contributed by atoms with Crippen LogP contribution in [0.25, 0.3) is 38.9 Å². The molecule has 1 amide bonds. The number of hydrogen-bond donors (Lipinski definition) is 1. The molecule has 0 saturated carbocycles. The van der Waals surface area contributed by atoms with Gasteiger partial charge in [0, 0.05) is 58.4 Å². The second-order valence-corrected chi connectivity index (χ2v) is 10.9. The number of carbonyl (C=O) groups excluding carboxylic acids is 1. The highest BCUT2D eigenvalue weighted by atomic mass is 16.6. The Balaban J connectivity index is 1.35. The van der Waals surface area contributed by atoms with Crippen LogP contribution >= 0.6 is 0 Å². The average molecular weight is 495 g/mol. The zero-order valence-electron chi connectivity index (χ0n) is 22.5. The van der Waals surface area contributed by atoms with Crippen molar-refractivity contribution in [1.29, 1.82) is 0 Å². The minimum Gasteiger partial charge on any atom is -0.444 e. The summed E-state index contributed by atoms with van der Waals surface area (Å²) in [5, 5.41) is 1.22. The van der Waals surface area contributed by atoms with Crippen LogP contribution in [0.5, 0.6) is 0 Å². The predicted octanol–water partition coefficient (Wildman–Crippen LogP) is 7.24. The number of ether oxygens (including phenoxy) is 1. The summed E-state index contributed by atoms with van der Waals surface area (Å²) < 4.78 is 5.49. The maximum atomic E-state index is 12.3. The number of benzene rings is 1. The maximum Gasteiger partial charge on any atom is 0.410 e. The molecule has 0 aliphatic carbocycles. The van der Waals surface area contributed by atoms with E-state index in [1.165, 1.54) is 10.9 Å². The lowest BCUT2D eigenvalue weighted by molar-refractivity contribution is 0.0270. The molecule has 5 rings (SSSR count). The first-order chi connectivity index (χ1) is 17.6. The molecule has 0 radical (unpaired) electrons. The van der Waals surface area contributed by atoms with E-state index in [4.69, 9.17) is 9.72 Å². The van der Waals surface area contributed by atoms with Crippen molar-refractivity contribution >= 4 is 22.6 Å². The Bertz CT molecular complexity index is 1490. The fraction of sp³-hybridized carbons (Fsp3) is 0.323. The van der Waals surface area contributed by atoms with Gasteiger partial charge in [-0.25, -0.2) is 4.79 Å². The van der Waals surface area contributed by atoms with Crippen molar-refractivity contribution in [2.24, 2.45) is 0 Å². The molecule has 0 unspecified atom stereocenters. The monoisotopic (exact) mass is 494 g/mol. The number of aryl methyl sites for hydroxylation is 3. The SMILES string of the molecule is Cc1cc(-c2[nH]c3cc(-c4ccc(C5=CCN(C(=O)OC(C)(C)C)CC5)nc4)ccc3c2C)cc(C)n1. The summed E-state index contributed by atoms with van der Waals surface area (Å²) in [6.45, 7) is 13.1. The Hall–Kier alpha value is -3.93. The highest BCUT2D eigenvalue weighted by Crippen LogP contribution is 2.33. The fourth-order valence-electron chi connectivity index (χ4n) is 4.93. The Labute approximate surface area is 218 Å². The number of hydrogen-bond acceptors (Lipinski definition) is 4. The smallest absolute Gasteiger partial charge is 0.410 e. The molecule has 0 spiro atoms. The zero-order valence-corrected chi connectivity index (χ0v) is 22.5. The molecule has 0 saturated heterocycles. The molecule has 4 heterocycles. The molecule has 1 aromatic carbocycles. The number of aromatic amines is 1. The van der Waals surface area contributed by atoms with E-state index in [1.54, 1.807) is 4.90 Å². The van der Waals surface area contributed by atoms with Crippen molar-refractivity contribution in [1.82, 2.24) is 19.9 Å². The van der Waals surface area contributed by atoms with Gasteiger partial charge in [-0.05, 0) is 88.9 Å². The molecule has 3 aromatic heterocycles. The second kappa shape index (κ2) is 9.51. The lowest BCUT2D eigenvalue weighted by Crippen LogP contribution is -2.39. The lowest BCUT2D eigenvalue weighted by atomic mass is 10.0. The highest BCUT2D eigenvalue weighted by molar-refractivity contribution is 5.93. The molecule has 0 bridgehead atoms. The van der Waals surface area contributed by atoms with Crippen LogP contribution < -0.4 is 0 Å². The van der Waals surface area contributed by atoms with Crippen molar-refractivity contribution in [3.63, 3.8) is 0 Å². The molecule has 0 atom stereocenters. The number of carbonyl (C=O) groups is 1. The van der Waals surface area contributed by atoms with Gasteiger partial charge in [0.25, 0.3) is 0 Å². The first-order valence-corrected chi connectivity index (χ1v) is 12.8. The van der Waals surface area contributed by atoms with Crippen LogP contribution in [0.4, 0.5) is 4.79 Å². The third kappa shape index (κ3) is 5.29. The summed E-state index contributed by atoms with van der Waals surface area (Å²) in [6, 6.07) is 15.0. The van der Waals surface area contributed by atoms with Gasteiger partial charge in [0.15, 0.2) is 0 Å². The fourth-order valence-corrected chi connectivity index (χ4v) is 4.93. The third-order valence-corrected chi connectivity index (χ3v) is 6.72. The number of H-pyrrole nitrogens is 1. The first kappa shape index (κ1) is 24.8. The molecule has 6 heteroatoms. The van der Waals surface area contributed by atoms with Gasteiger partial charge in [-0.1, -0.05) is 24.3 Å². The van der Waals surface area contributed by atoms with Crippen molar-refractivity contribution in [2.75, 3.05) is 13.1 Å². The van der Waals surface area contributed by atoms with Crippen molar-refractivity contribution < 1.29 is 9.53 Å². The molecule has 4 aromatic rings. The van der Waals surface area contributed by atoms with Crippen LogP contribution in [0.1, 0.15) is 49.8 Å². The maximum absolute atomic E-state index is 12.3. The highest BCUT2D eigenvalue weighted by Gasteiger charge is 2.24.